The Balaban J connectivity index is 2.25. The van der Waals surface area contributed by atoms with Crippen molar-refractivity contribution in [1.29, 1.82) is 0 Å². The number of anilines is 1. The van der Waals surface area contributed by atoms with Gasteiger partial charge < -0.3 is 10.6 Å². The number of hydrogen-bond acceptors (Lipinski definition) is 2. The lowest BCUT2D eigenvalue weighted by Crippen LogP contribution is -2.52. The SMILES string of the molecule is Cc1ccccc1N(C)C(=O)C1CCC(N)C(C)C1(C)C. The van der Waals surface area contributed by atoms with Crippen molar-refractivity contribution in [2.24, 2.45) is 23.0 Å². The largest absolute Gasteiger partial charge is 0.327 e. The highest BCUT2D eigenvalue weighted by Gasteiger charge is 2.46. The van der Waals surface area contributed by atoms with Crippen molar-refractivity contribution in [3.63, 3.8) is 0 Å². The van der Waals surface area contributed by atoms with E-state index in [0.717, 1.165) is 24.1 Å². The van der Waals surface area contributed by atoms with Crippen LogP contribution in [0, 0.1) is 24.2 Å². The molecule has 2 N–H and O–H groups in total. The molecule has 0 heterocycles. The molecule has 1 amide bonds. The molecular formula is C18H28N2O. The standard InChI is InChI=1S/C18H28N2O/c1-12-8-6-7-9-16(12)20(5)17(21)14-10-11-15(19)13(2)18(14,3)4/h6-9,13-15H,10-11,19H2,1-5H3. The smallest absolute Gasteiger partial charge is 0.230 e. The van der Waals surface area contributed by atoms with Crippen molar-refractivity contribution in [2.45, 2.75) is 46.6 Å². The van der Waals surface area contributed by atoms with Gasteiger partial charge in [0.15, 0.2) is 0 Å². The molecule has 116 valence electrons. The number of aryl methyl sites for hydroxylation is 1. The lowest BCUT2D eigenvalue weighted by Gasteiger charge is -2.47. The highest BCUT2D eigenvalue weighted by molar-refractivity contribution is 5.95. The topological polar surface area (TPSA) is 46.3 Å². The molecule has 3 unspecified atom stereocenters. The van der Waals surface area contributed by atoms with Gasteiger partial charge in [-0.3, -0.25) is 4.79 Å². The average Bonchev–Trinajstić information content (AvgIpc) is 2.44. The van der Waals surface area contributed by atoms with E-state index in [4.69, 9.17) is 5.73 Å². The van der Waals surface area contributed by atoms with Gasteiger partial charge in [-0.2, -0.15) is 0 Å². The summed E-state index contributed by atoms with van der Waals surface area (Å²) < 4.78 is 0. The molecule has 21 heavy (non-hydrogen) atoms. The maximum absolute atomic E-state index is 13.0. The first kappa shape index (κ1) is 16.0. The second kappa shape index (κ2) is 5.80. The second-order valence-electron chi connectivity index (χ2n) is 7.09. The van der Waals surface area contributed by atoms with Gasteiger partial charge in [-0.05, 0) is 42.7 Å². The van der Waals surface area contributed by atoms with Gasteiger partial charge in [0, 0.05) is 24.7 Å². The van der Waals surface area contributed by atoms with Gasteiger partial charge in [0.05, 0.1) is 0 Å². The van der Waals surface area contributed by atoms with Gasteiger partial charge >= 0.3 is 0 Å². The molecule has 2 rings (SSSR count). The van der Waals surface area contributed by atoms with Gasteiger partial charge in [-0.15, -0.1) is 0 Å². The van der Waals surface area contributed by atoms with Crippen molar-refractivity contribution in [3.8, 4) is 0 Å². The summed E-state index contributed by atoms with van der Waals surface area (Å²) in [6.07, 6.45) is 1.82. The third-order valence-corrected chi connectivity index (χ3v) is 5.61. The Morgan fingerprint density at radius 2 is 1.90 bits per heavy atom. The van der Waals surface area contributed by atoms with E-state index in [-0.39, 0.29) is 23.3 Å². The van der Waals surface area contributed by atoms with E-state index in [9.17, 15) is 4.79 Å². The summed E-state index contributed by atoms with van der Waals surface area (Å²) >= 11 is 0. The Kier molecular flexibility index (Phi) is 4.43. The van der Waals surface area contributed by atoms with Crippen LogP contribution in [0.4, 0.5) is 5.69 Å². The molecule has 0 radical (unpaired) electrons. The van der Waals surface area contributed by atoms with E-state index in [0.29, 0.717) is 5.92 Å². The van der Waals surface area contributed by atoms with Crippen molar-refractivity contribution in [2.75, 3.05) is 11.9 Å². The summed E-state index contributed by atoms with van der Waals surface area (Å²) in [7, 11) is 1.89. The van der Waals surface area contributed by atoms with E-state index < -0.39 is 0 Å². The van der Waals surface area contributed by atoms with Crippen molar-refractivity contribution in [1.82, 2.24) is 0 Å². The number of amides is 1. The van der Waals surface area contributed by atoms with Gasteiger partial charge in [-0.1, -0.05) is 39.0 Å². The summed E-state index contributed by atoms with van der Waals surface area (Å²) in [6.45, 7) is 8.59. The molecule has 0 spiro atoms. The lowest BCUT2D eigenvalue weighted by atomic mass is 9.60. The minimum Gasteiger partial charge on any atom is -0.327 e. The molecule has 1 fully saturated rings. The Bertz CT molecular complexity index is 524. The molecule has 3 nitrogen and oxygen atoms in total. The van der Waals surface area contributed by atoms with E-state index in [1.165, 1.54) is 0 Å². The zero-order chi connectivity index (χ0) is 15.8. The normalized spacial score (nSPS) is 28.2. The highest BCUT2D eigenvalue weighted by atomic mass is 16.2. The molecule has 1 aliphatic carbocycles. The third-order valence-electron chi connectivity index (χ3n) is 5.61. The van der Waals surface area contributed by atoms with Crippen LogP contribution in [0.15, 0.2) is 24.3 Å². The monoisotopic (exact) mass is 288 g/mol. The second-order valence-corrected chi connectivity index (χ2v) is 7.09. The summed E-state index contributed by atoms with van der Waals surface area (Å²) in [4.78, 5) is 14.8. The summed E-state index contributed by atoms with van der Waals surface area (Å²) in [5, 5.41) is 0. The molecule has 3 heteroatoms. The molecule has 1 aromatic carbocycles. The number of carbonyl (C=O) groups excluding carboxylic acids is 1. The zero-order valence-electron chi connectivity index (χ0n) is 13.9. The Labute approximate surface area is 128 Å². The van der Waals surface area contributed by atoms with Crippen LogP contribution in [0.25, 0.3) is 0 Å². The summed E-state index contributed by atoms with van der Waals surface area (Å²) in [5.74, 6) is 0.607. The number of rotatable bonds is 2. The molecule has 1 aromatic rings. The minimum absolute atomic E-state index is 0.0388. The maximum atomic E-state index is 13.0. The quantitative estimate of drug-likeness (QED) is 0.907. The minimum atomic E-state index is -0.0638. The molecule has 0 aliphatic heterocycles. The van der Waals surface area contributed by atoms with Crippen LogP contribution in [-0.2, 0) is 4.79 Å². The molecule has 0 bridgehead atoms. The number of benzene rings is 1. The molecule has 0 saturated heterocycles. The maximum Gasteiger partial charge on any atom is 0.230 e. The molecule has 3 atom stereocenters. The van der Waals surface area contributed by atoms with Crippen molar-refractivity contribution >= 4 is 11.6 Å². The van der Waals surface area contributed by atoms with E-state index >= 15 is 0 Å². The van der Waals surface area contributed by atoms with Gasteiger partial charge in [-0.25, -0.2) is 0 Å². The lowest BCUT2D eigenvalue weighted by molar-refractivity contribution is -0.129. The van der Waals surface area contributed by atoms with E-state index in [2.05, 4.69) is 20.8 Å². The average molecular weight is 288 g/mol. The predicted octanol–water partition coefficient (Wildman–Crippen LogP) is 3.36. The molecule has 1 saturated carbocycles. The molecule has 1 aliphatic rings. The van der Waals surface area contributed by atoms with Gasteiger partial charge in [0.2, 0.25) is 5.91 Å². The van der Waals surface area contributed by atoms with Crippen LogP contribution in [-0.4, -0.2) is 19.0 Å². The Morgan fingerprint density at radius 1 is 1.29 bits per heavy atom. The first-order valence-electron chi connectivity index (χ1n) is 7.85. The van der Waals surface area contributed by atoms with Crippen LogP contribution >= 0.6 is 0 Å². The fourth-order valence-electron chi connectivity index (χ4n) is 3.58. The number of carbonyl (C=O) groups is 1. The van der Waals surface area contributed by atoms with Gasteiger partial charge in [0.25, 0.3) is 0 Å². The number of hydrogen-bond donors (Lipinski definition) is 1. The van der Waals surface area contributed by atoms with Crippen molar-refractivity contribution < 1.29 is 4.79 Å². The first-order chi connectivity index (χ1) is 9.76. The number of nitrogens with zero attached hydrogens (tertiary/aromatic N) is 1. The van der Waals surface area contributed by atoms with Crippen LogP contribution < -0.4 is 10.6 Å². The fourth-order valence-corrected chi connectivity index (χ4v) is 3.58. The van der Waals surface area contributed by atoms with Crippen LogP contribution in [0.1, 0.15) is 39.2 Å². The van der Waals surface area contributed by atoms with Gasteiger partial charge in [0.1, 0.15) is 0 Å². The van der Waals surface area contributed by atoms with Crippen LogP contribution in [0.3, 0.4) is 0 Å². The Hall–Kier alpha value is -1.35. The fraction of sp³-hybridized carbons (Fsp3) is 0.611. The highest BCUT2D eigenvalue weighted by Crippen LogP contribution is 2.45. The van der Waals surface area contributed by atoms with Crippen LogP contribution in [0.5, 0.6) is 0 Å². The first-order valence-corrected chi connectivity index (χ1v) is 7.85. The summed E-state index contributed by atoms with van der Waals surface area (Å²) in [6, 6.07) is 8.24. The van der Waals surface area contributed by atoms with Crippen LogP contribution in [0.2, 0.25) is 0 Å². The van der Waals surface area contributed by atoms with E-state index in [1.54, 1.807) is 0 Å². The predicted molar refractivity (Wildman–Crippen MR) is 88.2 cm³/mol. The third kappa shape index (κ3) is 2.84. The molecule has 0 aromatic heterocycles. The number of nitrogens with two attached hydrogens (primary N) is 1. The molecular weight excluding hydrogens is 260 g/mol. The zero-order valence-corrected chi connectivity index (χ0v) is 13.9. The summed E-state index contributed by atoms with van der Waals surface area (Å²) in [5.41, 5.74) is 8.27. The van der Waals surface area contributed by atoms with Crippen molar-refractivity contribution in [3.05, 3.63) is 29.8 Å². The Morgan fingerprint density at radius 3 is 2.52 bits per heavy atom. The van der Waals surface area contributed by atoms with E-state index in [1.807, 2.05) is 43.1 Å². The number of para-hydroxylation sites is 1.